The molecule has 0 aliphatic carbocycles. The van der Waals surface area contributed by atoms with E-state index in [9.17, 15) is 19.8 Å². The van der Waals surface area contributed by atoms with E-state index in [1.807, 2.05) is 66.7 Å². The molecule has 0 radical (unpaired) electrons. The molecule has 4 aromatic rings. The van der Waals surface area contributed by atoms with Gasteiger partial charge in [-0.05, 0) is 94.3 Å². The van der Waals surface area contributed by atoms with Gasteiger partial charge in [0.05, 0.1) is 0 Å². The lowest BCUT2D eigenvalue weighted by Crippen LogP contribution is -2.64. The van der Waals surface area contributed by atoms with Crippen LogP contribution in [0.3, 0.4) is 0 Å². The van der Waals surface area contributed by atoms with Crippen molar-refractivity contribution in [3.63, 3.8) is 0 Å². The average molecular weight is 625 g/mol. The quantitative estimate of drug-likeness (QED) is 0.154. The zero-order valence-corrected chi connectivity index (χ0v) is 27.1. The molecule has 10 nitrogen and oxygen atoms in total. The number of carbonyl (C=O) groups excluding carboxylic acids is 2. The Bertz CT molecular complexity index is 1710. The summed E-state index contributed by atoms with van der Waals surface area (Å²) < 4.78 is 0. The Morgan fingerprint density at radius 2 is 1.63 bits per heavy atom. The van der Waals surface area contributed by atoms with E-state index in [1.165, 1.54) is 4.80 Å². The first-order valence-electron chi connectivity index (χ1n) is 15.7. The average Bonchev–Trinajstić information content (AvgIpc) is 3.42. The van der Waals surface area contributed by atoms with Crippen LogP contribution in [0.5, 0.6) is 5.75 Å². The number of nitrogens with zero attached hydrogens (tertiary/aromatic N) is 4. The van der Waals surface area contributed by atoms with Gasteiger partial charge in [-0.3, -0.25) is 14.5 Å². The third-order valence-corrected chi connectivity index (χ3v) is 8.79. The first kappa shape index (κ1) is 32.8. The molecule has 2 amide bonds. The molecule has 10 heteroatoms. The van der Waals surface area contributed by atoms with Crippen molar-refractivity contribution in [3.05, 3.63) is 95.6 Å². The molecule has 1 saturated heterocycles. The summed E-state index contributed by atoms with van der Waals surface area (Å²) in [7, 11) is 0. The van der Waals surface area contributed by atoms with Crippen molar-refractivity contribution in [3.8, 4) is 11.4 Å². The van der Waals surface area contributed by atoms with Gasteiger partial charge in [0.1, 0.15) is 22.5 Å². The first-order valence-corrected chi connectivity index (χ1v) is 15.7. The Morgan fingerprint density at radius 1 is 0.935 bits per heavy atom. The van der Waals surface area contributed by atoms with Gasteiger partial charge in [-0.15, -0.1) is 21.6 Å². The van der Waals surface area contributed by atoms with Crippen LogP contribution in [0.15, 0.2) is 73.3 Å². The van der Waals surface area contributed by atoms with Crippen molar-refractivity contribution >= 4 is 22.8 Å². The SMILES string of the molecule is C=CCN1C(C)(C)CC(NC(=O)C(=O)NCc2cc(Cc3ccccc3)cc(-n3nc4ccc(CCO)cc4n3)c2O)CC1(C)C. The number of fused-ring (bicyclic) bond motifs is 1. The summed E-state index contributed by atoms with van der Waals surface area (Å²) in [6.45, 7) is 13.2. The Kier molecular flexibility index (Phi) is 9.60. The number of benzene rings is 3. The molecule has 0 atom stereocenters. The van der Waals surface area contributed by atoms with E-state index in [4.69, 9.17) is 0 Å². The third-order valence-electron chi connectivity index (χ3n) is 8.79. The number of likely N-dealkylation sites (tertiary alicyclic amines) is 1. The van der Waals surface area contributed by atoms with Crippen molar-refractivity contribution in [1.82, 2.24) is 30.5 Å². The minimum atomic E-state index is -0.766. The van der Waals surface area contributed by atoms with Crippen molar-refractivity contribution in [2.24, 2.45) is 0 Å². The largest absolute Gasteiger partial charge is 0.505 e. The lowest BCUT2D eigenvalue weighted by Gasteiger charge is -2.55. The highest BCUT2D eigenvalue weighted by atomic mass is 16.3. The van der Waals surface area contributed by atoms with Crippen LogP contribution in [0.1, 0.15) is 62.8 Å². The number of amides is 2. The normalized spacial score (nSPS) is 16.3. The zero-order valence-electron chi connectivity index (χ0n) is 27.1. The maximum atomic E-state index is 13.1. The number of aromatic nitrogens is 3. The Hall–Kier alpha value is -4.54. The lowest BCUT2D eigenvalue weighted by molar-refractivity contribution is -0.140. The number of aliphatic hydroxyl groups is 1. The van der Waals surface area contributed by atoms with Gasteiger partial charge < -0.3 is 20.8 Å². The van der Waals surface area contributed by atoms with Gasteiger partial charge in [-0.25, -0.2) is 0 Å². The van der Waals surface area contributed by atoms with Gasteiger partial charge in [0.25, 0.3) is 0 Å². The maximum absolute atomic E-state index is 13.1. The highest BCUT2D eigenvalue weighted by molar-refractivity contribution is 6.35. The molecular weight excluding hydrogens is 580 g/mol. The van der Waals surface area contributed by atoms with Crippen LogP contribution in [0, 0.1) is 0 Å². The molecule has 0 saturated carbocycles. The van der Waals surface area contributed by atoms with Crippen LogP contribution < -0.4 is 10.6 Å². The minimum Gasteiger partial charge on any atom is -0.505 e. The summed E-state index contributed by atoms with van der Waals surface area (Å²) in [5, 5.41) is 35.6. The topological polar surface area (TPSA) is 133 Å². The molecule has 4 N–H and O–H groups in total. The molecule has 0 bridgehead atoms. The minimum absolute atomic E-state index is 0.0278. The van der Waals surface area contributed by atoms with Crippen molar-refractivity contribution in [1.29, 1.82) is 0 Å². The number of carbonyl (C=O) groups is 2. The fourth-order valence-corrected chi connectivity index (χ4v) is 6.87. The summed E-state index contributed by atoms with van der Waals surface area (Å²) in [5.41, 5.74) is 4.56. The van der Waals surface area contributed by atoms with Gasteiger partial charge in [0.15, 0.2) is 0 Å². The Morgan fingerprint density at radius 3 is 2.30 bits per heavy atom. The second-order valence-electron chi connectivity index (χ2n) is 13.4. The Balaban J connectivity index is 1.36. The second kappa shape index (κ2) is 13.4. The lowest BCUT2D eigenvalue weighted by atomic mass is 9.77. The third kappa shape index (κ3) is 7.29. The van der Waals surface area contributed by atoms with Gasteiger partial charge in [0.2, 0.25) is 0 Å². The number of nitrogens with one attached hydrogen (secondary N) is 2. The predicted molar refractivity (Wildman–Crippen MR) is 179 cm³/mol. The monoisotopic (exact) mass is 624 g/mol. The molecular formula is C36H44N6O4. The number of phenols is 1. The summed E-state index contributed by atoms with van der Waals surface area (Å²) in [6.07, 6.45) is 4.36. The molecule has 0 unspecified atom stereocenters. The number of piperidine rings is 1. The smallest absolute Gasteiger partial charge is 0.309 e. The van der Waals surface area contributed by atoms with Gasteiger partial charge in [0, 0.05) is 42.4 Å². The number of hydrogen-bond donors (Lipinski definition) is 4. The zero-order chi connectivity index (χ0) is 33.1. The van der Waals surface area contributed by atoms with Crippen LogP contribution in [0.25, 0.3) is 16.7 Å². The number of hydrogen-bond acceptors (Lipinski definition) is 7. The fraction of sp³-hybridized carbons (Fsp3) is 0.389. The molecule has 1 aliphatic rings. The molecule has 1 fully saturated rings. The van der Waals surface area contributed by atoms with Gasteiger partial charge >= 0.3 is 11.8 Å². The summed E-state index contributed by atoms with van der Waals surface area (Å²) in [6, 6.07) is 19.0. The van der Waals surface area contributed by atoms with E-state index in [2.05, 4.69) is 60.0 Å². The number of aliphatic hydroxyl groups excluding tert-OH is 1. The molecule has 0 spiro atoms. The number of phenolic OH excluding ortho intramolecular Hbond substituents is 1. The van der Waals surface area contributed by atoms with Crippen molar-refractivity contribution < 1.29 is 19.8 Å². The first-order chi connectivity index (χ1) is 21.9. The fourth-order valence-electron chi connectivity index (χ4n) is 6.87. The molecule has 46 heavy (non-hydrogen) atoms. The second-order valence-corrected chi connectivity index (χ2v) is 13.4. The molecule has 242 valence electrons. The van der Waals surface area contributed by atoms with Gasteiger partial charge in [-0.1, -0.05) is 42.5 Å². The molecule has 1 aromatic heterocycles. The van der Waals surface area contributed by atoms with E-state index in [-0.39, 0.29) is 36.0 Å². The Labute approximate surface area is 270 Å². The molecule has 3 aromatic carbocycles. The van der Waals surface area contributed by atoms with Crippen LogP contribution in [-0.4, -0.2) is 72.2 Å². The van der Waals surface area contributed by atoms with E-state index in [0.29, 0.717) is 48.0 Å². The van der Waals surface area contributed by atoms with Crippen molar-refractivity contribution in [2.75, 3.05) is 13.2 Å². The highest BCUT2D eigenvalue weighted by Gasteiger charge is 2.45. The standard InChI is InChI=1S/C36H44N6O4/c1-6-15-41-35(2,3)21-28(22-36(41,4)5)38-34(46)33(45)37-23-27-18-26(17-24-10-8-7-9-11-24)20-31(32(27)44)42-39-29-13-12-25(14-16-43)19-30(29)40-42/h6-13,18-20,28,43-44H,1,14-17,21-23H2,2-5H3,(H,37,45)(H,38,46). The number of rotatable bonds is 10. The van der Waals surface area contributed by atoms with Crippen LogP contribution >= 0.6 is 0 Å². The van der Waals surface area contributed by atoms with E-state index in [1.54, 1.807) is 0 Å². The molecule has 2 heterocycles. The number of aromatic hydroxyl groups is 1. The van der Waals surface area contributed by atoms with E-state index in [0.717, 1.165) is 23.2 Å². The van der Waals surface area contributed by atoms with Crippen molar-refractivity contribution in [2.45, 2.75) is 77.0 Å². The summed E-state index contributed by atoms with van der Waals surface area (Å²) in [5.74, 6) is -1.56. The van der Waals surface area contributed by atoms with Crippen LogP contribution in [0.4, 0.5) is 0 Å². The maximum Gasteiger partial charge on any atom is 0.309 e. The summed E-state index contributed by atoms with van der Waals surface area (Å²) >= 11 is 0. The van der Waals surface area contributed by atoms with E-state index < -0.39 is 11.8 Å². The highest BCUT2D eigenvalue weighted by Crippen LogP contribution is 2.38. The van der Waals surface area contributed by atoms with E-state index >= 15 is 0 Å². The van der Waals surface area contributed by atoms with Crippen LogP contribution in [0.2, 0.25) is 0 Å². The molecule has 1 aliphatic heterocycles. The molecule has 5 rings (SSSR count). The van der Waals surface area contributed by atoms with Crippen LogP contribution in [-0.2, 0) is 29.0 Å². The summed E-state index contributed by atoms with van der Waals surface area (Å²) in [4.78, 5) is 29.9. The van der Waals surface area contributed by atoms with Gasteiger partial charge in [-0.2, -0.15) is 0 Å². The predicted octanol–water partition coefficient (Wildman–Crippen LogP) is 4.19.